The van der Waals surface area contributed by atoms with Crippen LogP contribution in [0.3, 0.4) is 0 Å². The number of quaternary nitrogens is 1. The van der Waals surface area contributed by atoms with Gasteiger partial charge in [0.1, 0.15) is 5.75 Å². The number of piperidine rings is 1. The van der Waals surface area contributed by atoms with Crippen LogP contribution in [-0.2, 0) is 4.79 Å². The second-order valence-corrected chi connectivity index (χ2v) is 6.87. The van der Waals surface area contributed by atoms with Crippen LogP contribution in [0.2, 0.25) is 0 Å². The molecule has 0 aliphatic carbocycles. The van der Waals surface area contributed by atoms with E-state index in [1.165, 1.54) is 36.6 Å². The van der Waals surface area contributed by atoms with E-state index in [2.05, 4.69) is 19.2 Å². The molecule has 132 valence electrons. The zero-order chi connectivity index (χ0) is 17.9. The average Bonchev–Trinajstić information content (AvgIpc) is 2.52. The summed E-state index contributed by atoms with van der Waals surface area (Å²) in [6.07, 6.45) is 1.19. The van der Waals surface area contributed by atoms with Gasteiger partial charge in [0.2, 0.25) is 0 Å². The number of nitro groups is 1. The Hall–Kier alpha value is -2.15. The van der Waals surface area contributed by atoms with E-state index in [1.54, 1.807) is 0 Å². The van der Waals surface area contributed by atoms with Crippen molar-refractivity contribution in [1.82, 2.24) is 0 Å². The summed E-state index contributed by atoms with van der Waals surface area (Å²) in [4.78, 5) is 24.3. The van der Waals surface area contributed by atoms with Gasteiger partial charge < -0.3 is 15.0 Å². The molecule has 1 aliphatic heterocycles. The number of carbonyl (C=O) groups is 1. The minimum atomic E-state index is -0.488. The van der Waals surface area contributed by atoms with Crippen LogP contribution < -0.4 is 15.0 Å². The van der Waals surface area contributed by atoms with Gasteiger partial charge in [-0.3, -0.25) is 14.9 Å². The first-order valence-electron chi connectivity index (χ1n) is 8.29. The van der Waals surface area contributed by atoms with Crippen molar-refractivity contribution < 1.29 is 19.4 Å². The Bertz CT molecular complexity index is 610. The Balaban J connectivity index is 2.13. The lowest BCUT2D eigenvalue weighted by molar-refractivity contribution is -0.925. The molecule has 1 aliphatic rings. The lowest BCUT2D eigenvalue weighted by Crippen LogP contribution is -3.18. The summed E-state index contributed by atoms with van der Waals surface area (Å²) >= 11 is 0. The van der Waals surface area contributed by atoms with E-state index in [9.17, 15) is 14.9 Å². The maximum atomic E-state index is 12.6. The maximum Gasteiger partial charge on any atom is 0.282 e. The molecule has 7 heteroatoms. The van der Waals surface area contributed by atoms with Crippen molar-refractivity contribution in [1.29, 1.82) is 0 Å². The van der Waals surface area contributed by atoms with Gasteiger partial charge >= 0.3 is 0 Å². The summed E-state index contributed by atoms with van der Waals surface area (Å²) in [6, 6.07) is 3.97. The zero-order valence-electron chi connectivity index (χ0n) is 14.7. The highest BCUT2D eigenvalue weighted by molar-refractivity contribution is 5.95. The minimum absolute atomic E-state index is 0.0775. The van der Waals surface area contributed by atoms with Gasteiger partial charge in [0.15, 0.2) is 6.04 Å². The van der Waals surface area contributed by atoms with Crippen LogP contribution >= 0.6 is 0 Å². The summed E-state index contributed by atoms with van der Waals surface area (Å²) < 4.78 is 5.20. The maximum absolute atomic E-state index is 12.6. The molecule has 1 aromatic rings. The minimum Gasteiger partial charge on any atom is -0.495 e. The highest BCUT2D eigenvalue weighted by Crippen LogP contribution is 2.28. The van der Waals surface area contributed by atoms with E-state index in [0.717, 1.165) is 13.1 Å². The number of nitrogens with one attached hydrogen (secondary N) is 2. The first kappa shape index (κ1) is 18.2. The number of hydrogen-bond donors (Lipinski definition) is 2. The number of benzene rings is 1. The third-order valence-corrected chi connectivity index (χ3v) is 4.68. The lowest BCUT2D eigenvalue weighted by Gasteiger charge is -2.35. The molecular formula is C17H26N3O4+. The number of methoxy groups -OCH3 is 1. The molecule has 1 saturated heterocycles. The van der Waals surface area contributed by atoms with E-state index < -0.39 is 4.92 Å². The number of nitro benzene ring substituents is 1. The Morgan fingerprint density at radius 3 is 2.54 bits per heavy atom. The molecular weight excluding hydrogens is 310 g/mol. The van der Waals surface area contributed by atoms with Crippen molar-refractivity contribution in [3.63, 3.8) is 0 Å². The Labute approximate surface area is 142 Å². The molecule has 4 atom stereocenters. The Kier molecular flexibility index (Phi) is 5.77. The highest BCUT2D eigenvalue weighted by Gasteiger charge is 2.32. The molecule has 2 rings (SSSR count). The summed E-state index contributed by atoms with van der Waals surface area (Å²) in [5.41, 5.74) is 0.257. The quantitative estimate of drug-likeness (QED) is 0.630. The predicted octanol–water partition coefficient (Wildman–Crippen LogP) is 1.49. The van der Waals surface area contributed by atoms with Gasteiger partial charge in [0.05, 0.1) is 30.8 Å². The summed E-state index contributed by atoms with van der Waals surface area (Å²) in [7, 11) is 1.47. The Morgan fingerprint density at radius 2 is 2.00 bits per heavy atom. The SMILES string of the molecule is COc1ccc([N+](=O)[O-])cc1NC(=O)[C@H](C)[NH+]1C[C@H](C)C[C@H](C)C1. The van der Waals surface area contributed by atoms with Crippen molar-refractivity contribution in [3.05, 3.63) is 28.3 Å². The van der Waals surface area contributed by atoms with Crippen LogP contribution in [0.1, 0.15) is 27.2 Å². The molecule has 1 unspecified atom stereocenters. The molecule has 2 N–H and O–H groups in total. The third kappa shape index (κ3) is 4.23. The molecule has 0 radical (unpaired) electrons. The topological polar surface area (TPSA) is 85.9 Å². The number of rotatable bonds is 5. The van der Waals surface area contributed by atoms with Gasteiger partial charge in [-0.1, -0.05) is 13.8 Å². The number of carbonyl (C=O) groups excluding carboxylic acids is 1. The summed E-state index contributed by atoms with van der Waals surface area (Å²) in [5, 5.41) is 13.7. The van der Waals surface area contributed by atoms with E-state index in [4.69, 9.17) is 4.74 Å². The average molecular weight is 336 g/mol. The van der Waals surface area contributed by atoms with Crippen molar-refractivity contribution in [2.75, 3.05) is 25.5 Å². The number of amides is 1. The molecule has 1 heterocycles. The van der Waals surface area contributed by atoms with E-state index in [0.29, 0.717) is 23.3 Å². The fraction of sp³-hybridized carbons (Fsp3) is 0.588. The highest BCUT2D eigenvalue weighted by atomic mass is 16.6. The van der Waals surface area contributed by atoms with Gasteiger partial charge in [-0.05, 0) is 19.4 Å². The summed E-state index contributed by atoms with van der Waals surface area (Å²) in [5.74, 6) is 1.44. The van der Waals surface area contributed by atoms with Gasteiger partial charge in [-0.2, -0.15) is 0 Å². The monoisotopic (exact) mass is 336 g/mol. The number of ether oxygens (including phenoxy) is 1. The van der Waals surface area contributed by atoms with E-state index in [-0.39, 0.29) is 17.6 Å². The number of anilines is 1. The van der Waals surface area contributed by atoms with Crippen molar-refractivity contribution in [3.8, 4) is 5.75 Å². The molecule has 0 bridgehead atoms. The van der Waals surface area contributed by atoms with Gasteiger partial charge in [0, 0.05) is 24.0 Å². The van der Waals surface area contributed by atoms with E-state index >= 15 is 0 Å². The lowest BCUT2D eigenvalue weighted by atomic mass is 9.91. The normalized spacial score (nSPS) is 24.9. The molecule has 1 fully saturated rings. The van der Waals surface area contributed by atoms with Crippen LogP contribution in [0.4, 0.5) is 11.4 Å². The molecule has 7 nitrogen and oxygen atoms in total. The first-order chi connectivity index (χ1) is 11.3. The predicted molar refractivity (Wildman–Crippen MR) is 91.4 cm³/mol. The van der Waals surface area contributed by atoms with Crippen LogP contribution in [0.25, 0.3) is 0 Å². The molecule has 0 aromatic heterocycles. The van der Waals surface area contributed by atoms with Crippen LogP contribution in [0, 0.1) is 22.0 Å². The van der Waals surface area contributed by atoms with Crippen molar-refractivity contribution >= 4 is 17.3 Å². The second-order valence-electron chi connectivity index (χ2n) is 6.87. The smallest absolute Gasteiger partial charge is 0.282 e. The van der Waals surface area contributed by atoms with Crippen molar-refractivity contribution in [2.45, 2.75) is 33.2 Å². The van der Waals surface area contributed by atoms with Gasteiger partial charge in [0.25, 0.3) is 11.6 Å². The van der Waals surface area contributed by atoms with E-state index in [1.807, 2.05) is 6.92 Å². The number of non-ortho nitro benzene ring substituents is 1. The third-order valence-electron chi connectivity index (χ3n) is 4.68. The molecule has 0 saturated carbocycles. The fourth-order valence-electron chi connectivity index (χ4n) is 3.52. The fourth-order valence-corrected chi connectivity index (χ4v) is 3.52. The molecule has 24 heavy (non-hydrogen) atoms. The van der Waals surface area contributed by atoms with Crippen molar-refractivity contribution in [2.24, 2.45) is 11.8 Å². The number of nitrogens with zero attached hydrogens (tertiary/aromatic N) is 1. The van der Waals surface area contributed by atoms with Crippen LogP contribution in [-0.4, -0.2) is 37.1 Å². The number of hydrogen-bond acceptors (Lipinski definition) is 4. The largest absolute Gasteiger partial charge is 0.495 e. The van der Waals surface area contributed by atoms with Crippen LogP contribution in [0.5, 0.6) is 5.75 Å². The first-order valence-corrected chi connectivity index (χ1v) is 8.29. The zero-order valence-corrected chi connectivity index (χ0v) is 14.7. The number of likely N-dealkylation sites (tertiary alicyclic amines) is 1. The molecule has 1 aromatic carbocycles. The van der Waals surface area contributed by atoms with Gasteiger partial charge in [-0.15, -0.1) is 0 Å². The van der Waals surface area contributed by atoms with Crippen LogP contribution in [0.15, 0.2) is 18.2 Å². The Morgan fingerprint density at radius 1 is 1.38 bits per heavy atom. The molecule has 1 amide bonds. The van der Waals surface area contributed by atoms with Gasteiger partial charge in [-0.25, -0.2) is 0 Å². The molecule has 0 spiro atoms. The summed E-state index contributed by atoms with van der Waals surface area (Å²) in [6.45, 7) is 8.25. The standard InChI is InChI=1S/C17H25N3O4/c1-11-7-12(2)10-19(9-11)13(3)17(21)18-15-8-14(20(22)23)5-6-16(15)24-4/h5-6,8,11-13H,7,9-10H2,1-4H3,(H,18,21)/p+1/t11-,12+,13-/m0/s1. The second kappa shape index (κ2) is 7.61.